The summed E-state index contributed by atoms with van der Waals surface area (Å²) in [5, 5.41) is 2.95. The Morgan fingerprint density at radius 3 is 2.48 bits per heavy atom. The van der Waals surface area contributed by atoms with Gasteiger partial charge in [0.25, 0.3) is 0 Å². The standard InChI is InChI=1S/C18H22N2O/c1-14-7-5-6-10-16(14)13-20-18(21)12-11-17(19)15-8-3-2-4-9-15/h2-10,17H,11-13,19H2,1H3,(H,20,21). The lowest BCUT2D eigenvalue weighted by Gasteiger charge is -2.12. The Morgan fingerprint density at radius 1 is 1.10 bits per heavy atom. The first-order valence-electron chi connectivity index (χ1n) is 7.28. The maximum absolute atomic E-state index is 11.9. The summed E-state index contributed by atoms with van der Waals surface area (Å²) in [5.41, 5.74) is 9.51. The predicted molar refractivity (Wildman–Crippen MR) is 85.6 cm³/mol. The van der Waals surface area contributed by atoms with Gasteiger partial charge in [0, 0.05) is 19.0 Å². The van der Waals surface area contributed by atoms with Gasteiger partial charge in [0.05, 0.1) is 0 Å². The van der Waals surface area contributed by atoms with E-state index in [0.717, 1.165) is 11.1 Å². The van der Waals surface area contributed by atoms with Crippen molar-refractivity contribution in [2.75, 3.05) is 0 Å². The van der Waals surface area contributed by atoms with Gasteiger partial charge in [0.1, 0.15) is 0 Å². The Balaban J connectivity index is 1.76. The number of aryl methyl sites for hydroxylation is 1. The second kappa shape index (κ2) is 7.60. The first-order valence-corrected chi connectivity index (χ1v) is 7.28. The number of carbonyl (C=O) groups excluding carboxylic acids is 1. The van der Waals surface area contributed by atoms with E-state index in [1.807, 2.05) is 61.5 Å². The number of hydrogen-bond donors (Lipinski definition) is 2. The molecule has 1 amide bonds. The van der Waals surface area contributed by atoms with Crippen LogP contribution in [0.5, 0.6) is 0 Å². The highest BCUT2D eigenvalue weighted by molar-refractivity contribution is 5.75. The topological polar surface area (TPSA) is 55.1 Å². The number of hydrogen-bond acceptors (Lipinski definition) is 2. The molecule has 0 heterocycles. The summed E-state index contributed by atoms with van der Waals surface area (Å²) >= 11 is 0. The van der Waals surface area contributed by atoms with Crippen molar-refractivity contribution in [2.24, 2.45) is 5.73 Å². The minimum Gasteiger partial charge on any atom is -0.352 e. The fourth-order valence-electron chi connectivity index (χ4n) is 2.24. The second-order valence-electron chi connectivity index (χ2n) is 5.26. The molecule has 3 N–H and O–H groups in total. The van der Waals surface area contributed by atoms with E-state index < -0.39 is 0 Å². The van der Waals surface area contributed by atoms with Crippen LogP contribution in [-0.4, -0.2) is 5.91 Å². The van der Waals surface area contributed by atoms with Gasteiger partial charge in [-0.1, -0.05) is 54.6 Å². The summed E-state index contributed by atoms with van der Waals surface area (Å²) in [4.78, 5) is 11.9. The smallest absolute Gasteiger partial charge is 0.220 e. The van der Waals surface area contributed by atoms with E-state index in [1.54, 1.807) is 0 Å². The van der Waals surface area contributed by atoms with Crippen molar-refractivity contribution in [1.29, 1.82) is 0 Å². The molecule has 110 valence electrons. The van der Waals surface area contributed by atoms with Crippen LogP contribution in [0.2, 0.25) is 0 Å². The van der Waals surface area contributed by atoms with Crippen molar-refractivity contribution < 1.29 is 4.79 Å². The molecular weight excluding hydrogens is 260 g/mol. The first-order chi connectivity index (χ1) is 10.2. The van der Waals surface area contributed by atoms with Gasteiger partial charge in [0.2, 0.25) is 5.91 Å². The van der Waals surface area contributed by atoms with Gasteiger partial charge in [0.15, 0.2) is 0 Å². The molecular formula is C18H22N2O. The van der Waals surface area contributed by atoms with Gasteiger partial charge in [-0.25, -0.2) is 0 Å². The van der Waals surface area contributed by atoms with E-state index in [1.165, 1.54) is 5.56 Å². The Bertz CT molecular complexity index is 581. The van der Waals surface area contributed by atoms with Crippen LogP contribution in [0.15, 0.2) is 54.6 Å². The molecule has 0 saturated carbocycles. The molecule has 2 aromatic rings. The third kappa shape index (κ3) is 4.72. The quantitative estimate of drug-likeness (QED) is 0.855. The molecule has 0 aliphatic heterocycles. The van der Waals surface area contributed by atoms with Crippen LogP contribution in [-0.2, 0) is 11.3 Å². The van der Waals surface area contributed by atoms with Crippen molar-refractivity contribution in [2.45, 2.75) is 32.4 Å². The van der Waals surface area contributed by atoms with E-state index in [9.17, 15) is 4.79 Å². The van der Waals surface area contributed by atoms with Gasteiger partial charge in [-0.3, -0.25) is 4.79 Å². The molecule has 0 spiro atoms. The normalized spacial score (nSPS) is 11.9. The lowest BCUT2D eigenvalue weighted by Crippen LogP contribution is -2.24. The Kier molecular flexibility index (Phi) is 5.52. The van der Waals surface area contributed by atoms with Crippen LogP contribution in [0, 0.1) is 6.92 Å². The third-order valence-electron chi connectivity index (χ3n) is 3.65. The fourth-order valence-corrected chi connectivity index (χ4v) is 2.24. The number of nitrogens with one attached hydrogen (secondary N) is 1. The molecule has 0 saturated heterocycles. The van der Waals surface area contributed by atoms with Crippen molar-refractivity contribution in [3.63, 3.8) is 0 Å². The van der Waals surface area contributed by atoms with Gasteiger partial charge in [-0.15, -0.1) is 0 Å². The first kappa shape index (κ1) is 15.3. The van der Waals surface area contributed by atoms with E-state index in [0.29, 0.717) is 19.4 Å². The van der Waals surface area contributed by atoms with Crippen molar-refractivity contribution in [3.8, 4) is 0 Å². The summed E-state index contributed by atoms with van der Waals surface area (Å²) in [6.45, 7) is 2.62. The molecule has 0 radical (unpaired) electrons. The minimum absolute atomic E-state index is 0.0460. The minimum atomic E-state index is -0.0876. The highest BCUT2D eigenvalue weighted by atomic mass is 16.1. The summed E-state index contributed by atoms with van der Waals surface area (Å²) < 4.78 is 0. The molecule has 1 atom stereocenters. The van der Waals surface area contributed by atoms with Gasteiger partial charge < -0.3 is 11.1 Å². The third-order valence-corrected chi connectivity index (χ3v) is 3.65. The molecule has 3 heteroatoms. The average Bonchev–Trinajstić information content (AvgIpc) is 2.52. The Hall–Kier alpha value is -2.13. The number of nitrogens with two attached hydrogens (primary N) is 1. The molecule has 3 nitrogen and oxygen atoms in total. The number of benzene rings is 2. The Morgan fingerprint density at radius 2 is 1.76 bits per heavy atom. The largest absolute Gasteiger partial charge is 0.352 e. The van der Waals surface area contributed by atoms with E-state index in [-0.39, 0.29) is 11.9 Å². The summed E-state index contributed by atoms with van der Waals surface area (Å²) in [6.07, 6.45) is 1.10. The van der Waals surface area contributed by atoms with Gasteiger partial charge in [-0.2, -0.15) is 0 Å². The van der Waals surface area contributed by atoms with E-state index >= 15 is 0 Å². The SMILES string of the molecule is Cc1ccccc1CNC(=O)CCC(N)c1ccccc1. The van der Waals surface area contributed by atoms with Crippen LogP contribution in [0.1, 0.15) is 35.6 Å². The summed E-state index contributed by atoms with van der Waals surface area (Å²) in [5.74, 6) is 0.0460. The molecule has 0 aromatic heterocycles. The van der Waals surface area contributed by atoms with Gasteiger partial charge in [-0.05, 0) is 30.0 Å². The van der Waals surface area contributed by atoms with Crippen molar-refractivity contribution in [3.05, 3.63) is 71.3 Å². The monoisotopic (exact) mass is 282 g/mol. The maximum Gasteiger partial charge on any atom is 0.220 e. The molecule has 21 heavy (non-hydrogen) atoms. The molecule has 0 aliphatic rings. The van der Waals surface area contributed by atoms with E-state index in [2.05, 4.69) is 5.32 Å². The molecule has 2 aromatic carbocycles. The maximum atomic E-state index is 11.9. The summed E-state index contributed by atoms with van der Waals surface area (Å²) in [7, 11) is 0. The summed E-state index contributed by atoms with van der Waals surface area (Å²) in [6, 6.07) is 17.9. The predicted octanol–water partition coefficient (Wildman–Crippen LogP) is 3.09. The number of rotatable bonds is 6. The fraction of sp³-hybridized carbons (Fsp3) is 0.278. The zero-order valence-corrected chi connectivity index (χ0v) is 12.4. The van der Waals surface area contributed by atoms with Crippen LogP contribution in [0.4, 0.5) is 0 Å². The van der Waals surface area contributed by atoms with Crippen molar-refractivity contribution >= 4 is 5.91 Å². The number of amides is 1. The van der Waals surface area contributed by atoms with Crippen molar-refractivity contribution in [1.82, 2.24) is 5.32 Å². The zero-order valence-electron chi connectivity index (χ0n) is 12.4. The highest BCUT2D eigenvalue weighted by Gasteiger charge is 2.09. The molecule has 0 fully saturated rings. The lowest BCUT2D eigenvalue weighted by molar-refractivity contribution is -0.121. The molecule has 0 bridgehead atoms. The highest BCUT2D eigenvalue weighted by Crippen LogP contribution is 2.15. The number of carbonyl (C=O) groups is 1. The molecule has 1 unspecified atom stereocenters. The molecule has 0 aliphatic carbocycles. The van der Waals surface area contributed by atoms with Crippen LogP contribution in [0.3, 0.4) is 0 Å². The average molecular weight is 282 g/mol. The van der Waals surface area contributed by atoms with Crippen LogP contribution < -0.4 is 11.1 Å². The van der Waals surface area contributed by atoms with Crippen LogP contribution in [0.25, 0.3) is 0 Å². The zero-order chi connectivity index (χ0) is 15.1. The lowest BCUT2D eigenvalue weighted by atomic mass is 10.0. The van der Waals surface area contributed by atoms with E-state index in [4.69, 9.17) is 5.73 Å². The molecule has 2 rings (SSSR count). The second-order valence-corrected chi connectivity index (χ2v) is 5.26. The Labute approximate surface area is 126 Å². The van der Waals surface area contributed by atoms with Gasteiger partial charge >= 0.3 is 0 Å². The van der Waals surface area contributed by atoms with Crippen LogP contribution >= 0.6 is 0 Å².